The Morgan fingerprint density at radius 1 is 1.35 bits per heavy atom. The van der Waals surface area contributed by atoms with E-state index in [1.807, 2.05) is 31.2 Å². The highest BCUT2D eigenvalue weighted by Gasteiger charge is 2.11. The summed E-state index contributed by atoms with van der Waals surface area (Å²) in [6, 6.07) is 7.35. The van der Waals surface area contributed by atoms with Crippen LogP contribution >= 0.6 is 0 Å². The largest absolute Gasteiger partial charge is 0.494 e. The van der Waals surface area contributed by atoms with E-state index in [0.717, 1.165) is 17.7 Å². The molecule has 0 radical (unpaired) electrons. The van der Waals surface area contributed by atoms with Crippen LogP contribution in [0.4, 0.5) is 0 Å². The van der Waals surface area contributed by atoms with E-state index in [9.17, 15) is 9.90 Å². The van der Waals surface area contributed by atoms with Crippen molar-refractivity contribution in [3.8, 4) is 5.75 Å². The number of likely N-dealkylation sites (N-methyl/N-ethyl adjacent to an activating group) is 1. The van der Waals surface area contributed by atoms with Gasteiger partial charge in [0.25, 0.3) is 0 Å². The third-order valence-electron chi connectivity index (χ3n) is 2.93. The summed E-state index contributed by atoms with van der Waals surface area (Å²) >= 11 is 0. The van der Waals surface area contributed by atoms with E-state index in [2.05, 4.69) is 0 Å². The number of aliphatic carboxylic acids is 1. The van der Waals surface area contributed by atoms with Gasteiger partial charge in [-0.2, -0.15) is 0 Å². The zero-order valence-corrected chi connectivity index (χ0v) is 12.1. The fraction of sp³-hybridized carbons (Fsp3) is 0.533. The molecule has 1 atom stereocenters. The molecule has 1 aromatic rings. The molecule has 5 nitrogen and oxygen atoms in total. The lowest BCUT2D eigenvalue weighted by molar-refractivity contribution is -0.137. The number of ether oxygens (including phenoxy) is 1. The molecule has 1 rings (SSSR count). The van der Waals surface area contributed by atoms with Gasteiger partial charge in [0.05, 0.1) is 19.1 Å². The molecule has 0 bridgehead atoms. The molecular weight excluding hydrogens is 258 g/mol. The first kappa shape index (κ1) is 16.5. The van der Waals surface area contributed by atoms with E-state index in [-0.39, 0.29) is 6.42 Å². The van der Waals surface area contributed by atoms with Gasteiger partial charge in [-0.25, -0.2) is 0 Å². The van der Waals surface area contributed by atoms with E-state index in [1.54, 1.807) is 11.9 Å². The van der Waals surface area contributed by atoms with Crippen LogP contribution in [0.25, 0.3) is 0 Å². The first-order valence-electron chi connectivity index (χ1n) is 6.84. The van der Waals surface area contributed by atoms with E-state index in [4.69, 9.17) is 9.84 Å². The second-order valence-electron chi connectivity index (χ2n) is 4.84. The monoisotopic (exact) mass is 281 g/mol. The minimum absolute atomic E-state index is 0.0764. The zero-order valence-electron chi connectivity index (χ0n) is 12.1. The number of hydrogen-bond acceptors (Lipinski definition) is 4. The van der Waals surface area contributed by atoms with Crippen molar-refractivity contribution in [2.24, 2.45) is 0 Å². The highest BCUT2D eigenvalue weighted by molar-refractivity contribution is 5.66. The van der Waals surface area contributed by atoms with Crippen LogP contribution in [0, 0.1) is 0 Å². The Hall–Kier alpha value is -1.59. The van der Waals surface area contributed by atoms with Crippen LogP contribution in [0.2, 0.25) is 0 Å². The molecule has 1 unspecified atom stereocenters. The number of rotatable bonds is 9. The molecule has 0 aliphatic rings. The second kappa shape index (κ2) is 8.55. The number of nitrogens with zero attached hydrogens (tertiary/aromatic N) is 1. The van der Waals surface area contributed by atoms with Gasteiger partial charge in [0, 0.05) is 13.1 Å². The van der Waals surface area contributed by atoms with Crippen molar-refractivity contribution in [1.29, 1.82) is 0 Å². The van der Waals surface area contributed by atoms with Gasteiger partial charge >= 0.3 is 5.97 Å². The molecule has 112 valence electrons. The number of carbonyl (C=O) groups is 1. The molecular formula is C15H23NO4. The van der Waals surface area contributed by atoms with Crippen molar-refractivity contribution >= 4 is 5.97 Å². The molecule has 0 fully saturated rings. The number of carboxylic acids is 1. The Morgan fingerprint density at radius 3 is 2.55 bits per heavy atom. The molecule has 0 aliphatic carbocycles. The first-order chi connectivity index (χ1) is 9.52. The predicted molar refractivity (Wildman–Crippen MR) is 76.9 cm³/mol. The van der Waals surface area contributed by atoms with Crippen molar-refractivity contribution in [3.63, 3.8) is 0 Å². The Morgan fingerprint density at radius 2 is 2.00 bits per heavy atom. The summed E-state index contributed by atoms with van der Waals surface area (Å²) in [5.41, 5.74) is 0.802. The second-order valence-corrected chi connectivity index (χ2v) is 4.84. The molecule has 0 amide bonds. The van der Waals surface area contributed by atoms with Crippen LogP contribution in [0.15, 0.2) is 24.3 Å². The number of hydrogen-bond donors (Lipinski definition) is 2. The summed E-state index contributed by atoms with van der Waals surface area (Å²) in [5, 5.41) is 18.7. The molecule has 0 saturated carbocycles. The Balaban J connectivity index is 2.46. The van der Waals surface area contributed by atoms with Gasteiger partial charge in [0.15, 0.2) is 0 Å². The fourth-order valence-electron chi connectivity index (χ4n) is 1.78. The minimum atomic E-state index is -0.830. The number of aliphatic hydroxyl groups excluding tert-OH is 1. The molecule has 0 aromatic heterocycles. The lowest BCUT2D eigenvalue weighted by Crippen LogP contribution is -2.27. The van der Waals surface area contributed by atoms with E-state index in [0.29, 0.717) is 19.7 Å². The summed E-state index contributed by atoms with van der Waals surface area (Å²) in [4.78, 5) is 12.3. The summed E-state index contributed by atoms with van der Waals surface area (Å²) in [5.74, 6) is -0.0363. The van der Waals surface area contributed by atoms with Crippen LogP contribution < -0.4 is 4.74 Å². The van der Waals surface area contributed by atoms with Crippen molar-refractivity contribution < 1.29 is 19.7 Å². The quantitative estimate of drug-likeness (QED) is 0.723. The highest BCUT2D eigenvalue weighted by Crippen LogP contribution is 2.18. The minimum Gasteiger partial charge on any atom is -0.494 e. The van der Waals surface area contributed by atoms with E-state index >= 15 is 0 Å². The fourth-order valence-corrected chi connectivity index (χ4v) is 1.78. The van der Waals surface area contributed by atoms with Gasteiger partial charge in [-0.05, 0) is 31.2 Å². The van der Waals surface area contributed by atoms with Crippen molar-refractivity contribution in [2.75, 3.05) is 26.7 Å². The average molecular weight is 281 g/mol. The van der Waals surface area contributed by atoms with Crippen LogP contribution in [-0.2, 0) is 4.79 Å². The topological polar surface area (TPSA) is 70.0 Å². The molecule has 0 heterocycles. The maximum Gasteiger partial charge on any atom is 0.304 e. The Kier molecular flexibility index (Phi) is 7.04. The van der Waals surface area contributed by atoms with Crippen molar-refractivity contribution in [3.05, 3.63) is 29.8 Å². The van der Waals surface area contributed by atoms with Gasteiger partial charge in [-0.15, -0.1) is 0 Å². The van der Waals surface area contributed by atoms with Crippen molar-refractivity contribution in [2.45, 2.75) is 25.9 Å². The van der Waals surface area contributed by atoms with Crippen molar-refractivity contribution in [1.82, 2.24) is 4.90 Å². The SMILES string of the molecule is CCCOc1ccc(C(O)CN(C)CCC(=O)O)cc1. The molecule has 1 aromatic carbocycles. The zero-order chi connectivity index (χ0) is 15.0. The Bertz CT molecular complexity index is 405. The van der Waals surface area contributed by atoms with E-state index in [1.165, 1.54) is 0 Å². The van der Waals surface area contributed by atoms with Gasteiger partial charge in [0.1, 0.15) is 5.75 Å². The van der Waals surface area contributed by atoms with Gasteiger partial charge in [-0.1, -0.05) is 19.1 Å². The molecule has 0 aliphatic heterocycles. The average Bonchev–Trinajstić information content (AvgIpc) is 2.43. The summed E-state index contributed by atoms with van der Waals surface area (Å²) in [6.45, 7) is 3.55. The lowest BCUT2D eigenvalue weighted by Gasteiger charge is -2.20. The Labute approximate surface area is 119 Å². The van der Waals surface area contributed by atoms with Gasteiger partial charge < -0.3 is 19.8 Å². The smallest absolute Gasteiger partial charge is 0.304 e. The maximum absolute atomic E-state index is 10.5. The normalized spacial score (nSPS) is 12.4. The number of aliphatic hydroxyl groups is 1. The molecule has 0 saturated heterocycles. The van der Waals surface area contributed by atoms with Gasteiger partial charge in [-0.3, -0.25) is 4.79 Å². The third-order valence-corrected chi connectivity index (χ3v) is 2.93. The summed E-state index contributed by atoms with van der Waals surface area (Å²) in [6.07, 6.45) is 0.403. The first-order valence-corrected chi connectivity index (χ1v) is 6.84. The van der Waals surface area contributed by atoms with Crippen LogP contribution in [-0.4, -0.2) is 47.8 Å². The summed E-state index contributed by atoms with van der Waals surface area (Å²) in [7, 11) is 1.80. The lowest BCUT2D eigenvalue weighted by atomic mass is 10.1. The van der Waals surface area contributed by atoms with Crippen LogP contribution in [0.1, 0.15) is 31.4 Å². The van der Waals surface area contributed by atoms with Crippen LogP contribution in [0.3, 0.4) is 0 Å². The highest BCUT2D eigenvalue weighted by atomic mass is 16.5. The molecule has 20 heavy (non-hydrogen) atoms. The molecule has 2 N–H and O–H groups in total. The third kappa shape index (κ3) is 6.04. The van der Waals surface area contributed by atoms with Crippen LogP contribution in [0.5, 0.6) is 5.75 Å². The van der Waals surface area contributed by atoms with Gasteiger partial charge in [0.2, 0.25) is 0 Å². The standard InChI is InChI=1S/C15H23NO4/c1-3-10-20-13-6-4-12(5-7-13)14(17)11-16(2)9-8-15(18)19/h4-7,14,17H,3,8-11H2,1-2H3,(H,18,19). The molecule has 5 heteroatoms. The van der Waals surface area contributed by atoms with E-state index < -0.39 is 12.1 Å². The number of carboxylic acid groups (broad SMARTS) is 1. The predicted octanol–water partition coefficient (Wildman–Crippen LogP) is 1.92. The maximum atomic E-state index is 10.5. The number of benzene rings is 1. The summed E-state index contributed by atoms with van der Waals surface area (Å²) < 4.78 is 5.48. The molecule has 0 spiro atoms.